The van der Waals surface area contributed by atoms with E-state index in [0.29, 0.717) is 13.0 Å². The molecule has 0 bridgehead atoms. The molecular weight excluding hydrogens is 446 g/mol. The summed E-state index contributed by atoms with van der Waals surface area (Å²) in [6.45, 7) is 5.01. The molecule has 0 radical (unpaired) electrons. The van der Waals surface area contributed by atoms with Crippen molar-refractivity contribution in [2.45, 2.75) is 57.9 Å². The van der Waals surface area contributed by atoms with E-state index in [1.54, 1.807) is 7.11 Å². The fourth-order valence-corrected chi connectivity index (χ4v) is 6.00. The van der Waals surface area contributed by atoms with Gasteiger partial charge in [0.15, 0.2) is 12.4 Å². The van der Waals surface area contributed by atoms with Crippen LogP contribution in [-0.4, -0.2) is 25.8 Å². The molecule has 1 heterocycles. The summed E-state index contributed by atoms with van der Waals surface area (Å²) in [6, 6.07) is 17.4. The van der Waals surface area contributed by atoms with E-state index in [4.69, 9.17) is 4.74 Å². The van der Waals surface area contributed by atoms with Gasteiger partial charge in [-0.2, -0.15) is 0 Å². The lowest BCUT2D eigenvalue weighted by molar-refractivity contribution is -0.696. The van der Waals surface area contributed by atoms with Gasteiger partial charge in [-0.05, 0) is 64.4 Å². The summed E-state index contributed by atoms with van der Waals surface area (Å²) in [5.41, 5.74) is 7.67. The Balaban J connectivity index is 1.70. The number of methoxy groups -OCH3 is 1. The van der Waals surface area contributed by atoms with Gasteiger partial charge in [-0.25, -0.2) is 13.0 Å². The van der Waals surface area contributed by atoms with E-state index in [-0.39, 0.29) is 11.2 Å². The lowest BCUT2D eigenvalue weighted by atomic mass is 9.71. The van der Waals surface area contributed by atoms with Crippen LogP contribution in [0.4, 0.5) is 0 Å². The zero-order chi connectivity index (χ0) is 24.3. The minimum absolute atomic E-state index is 0.0166. The summed E-state index contributed by atoms with van der Waals surface area (Å²) >= 11 is 0. The molecule has 3 aromatic rings. The molecule has 5 nitrogen and oxygen atoms in total. The van der Waals surface area contributed by atoms with Crippen LogP contribution >= 0.6 is 0 Å². The Morgan fingerprint density at radius 2 is 1.50 bits per heavy atom. The second-order valence-corrected chi connectivity index (χ2v) is 10.7. The standard InChI is InChI=1S/C28H33NO4S/c1-4-13-28(14-5-2)26-19-22(7-9-24(26)25-10-8-23(33-3)20-27(25)28)21-11-16-29(17-12-21)15-6-18-34(30,31)32/h7-12,16-17,19-20H,4-6,13-15,18H2,1-3H3. The van der Waals surface area contributed by atoms with E-state index in [2.05, 4.69) is 62.4 Å². The van der Waals surface area contributed by atoms with Gasteiger partial charge in [0.2, 0.25) is 0 Å². The second-order valence-electron chi connectivity index (χ2n) is 9.19. The monoisotopic (exact) mass is 479 g/mol. The molecule has 1 aliphatic carbocycles. The summed E-state index contributed by atoms with van der Waals surface area (Å²) in [5, 5.41) is 0. The molecule has 1 aliphatic rings. The van der Waals surface area contributed by atoms with E-state index in [0.717, 1.165) is 37.0 Å². The average Bonchev–Trinajstić information content (AvgIpc) is 3.08. The van der Waals surface area contributed by atoms with Gasteiger partial charge in [0, 0.05) is 29.7 Å². The van der Waals surface area contributed by atoms with Crippen LogP contribution in [0, 0.1) is 0 Å². The van der Waals surface area contributed by atoms with Crippen LogP contribution in [-0.2, 0) is 22.1 Å². The summed E-state index contributed by atoms with van der Waals surface area (Å²) < 4.78 is 40.0. The Morgan fingerprint density at radius 1 is 0.882 bits per heavy atom. The van der Waals surface area contributed by atoms with Gasteiger partial charge in [0.1, 0.15) is 12.3 Å². The van der Waals surface area contributed by atoms with Gasteiger partial charge in [0.05, 0.1) is 17.2 Å². The third-order valence-electron chi connectivity index (χ3n) is 6.96. The molecule has 0 saturated heterocycles. The van der Waals surface area contributed by atoms with E-state index >= 15 is 0 Å². The first-order valence-electron chi connectivity index (χ1n) is 12.1. The second kappa shape index (κ2) is 9.88. The lowest BCUT2D eigenvalue weighted by Crippen LogP contribution is -2.33. The summed E-state index contributed by atoms with van der Waals surface area (Å²) in [6.07, 6.45) is 8.60. The van der Waals surface area contributed by atoms with Crippen molar-refractivity contribution in [1.82, 2.24) is 0 Å². The van der Waals surface area contributed by atoms with Crippen molar-refractivity contribution in [2.24, 2.45) is 0 Å². The molecular formula is C28H33NO4S. The average molecular weight is 480 g/mol. The molecule has 0 unspecified atom stereocenters. The molecule has 34 heavy (non-hydrogen) atoms. The van der Waals surface area contributed by atoms with E-state index in [1.807, 2.05) is 17.0 Å². The Morgan fingerprint density at radius 3 is 2.09 bits per heavy atom. The third kappa shape index (κ3) is 4.75. The normalized spacial score (nSPS) is 14.0. The van der Waals surface area contributed by atoms with Crippen molar-refractivity contribution < 1.29 is 22.3 Å². The highest BCUT2D eigenvalue weighted by Crippen LogP contribution is 2.55. The largest absolute Gasteiger partial charge is 0.748 e. The fraction of sp³-hybridized carbons (Fsp3) is 0.393. The SMILES string of the molecule is CCCC1(CCC)c2cc(OC)ccc2-c2ccc(-c3cc[n+](CCCS(=O)(=O)[O-])cc3)cc21. The highest BCUT2D eigenvalue weighted by molar-refractivity contribution is 7.85. The topological polar surface area (TPSA) is 70.3 Å². The number of hydrogen-bond donors (Lipinski definition) is 0. The molecule has 0 N–H and O–H groups in total. The molecule has 0 spiro atoms. The van der Waals surface area contributed by atoms with E-state index in [9.17, 15) is 13.0 Å². The molecule has 0 aliphatic heterocycles. The maximum absolute atomic E-state index is 10.8. The van der Waals surface area contributed by atoms with Gasteiger partial charge in [-0.1, -0.05) is 44.9 Å². The van der Waals surface area contributed by atoms with E-state index in [1.165, 1.54) is 27.8 Å². The Hall–Kier alpha value is -2.70. The van der Waals surface area contributed by atoms with Crippen LogP contribution in [0.5, 0.6) is 5.75 Å². The number of rotatable bonds is 10. The van der Waals surface area contributed by atoms with Crippen molar-refractivity contribution in [3.05, 3.63) is 72.1 Å². The minimum atomic E-state index is -4.17. The number of ether oxygens (including phenoxy) is 1. The Kier molecular flexibility index (Phi) is 7.10. The molecule has 6 heteroatoms. The van der Waals surface area contributed by atoms with Gasteiger partial charge in [-0.3, -0.25) is 0 Å². The number of pyridine rings is 1. The quantitative estimate of drug-likeness (QED) is 0.286. The number of aryl methyl sites for hydroxylation is 1. The molecule has 180 valence electrons. The molecule has 1 aromatic heterocycles. The number of hydrogen-bond acceptors (Lipinski definition) is 4. The first-order chi connectivity index (χ1) is 16.3. The fourth-order valence-electron chi connectivity index (χ4n) is 5.52. The molecule has 0 saturated carbocycles. The third-order valence-corrected chi connectivity index (χ3v) is 7.74. The van der Waals surface area contributed by atoms with Crippen LogP contribution in [0.15, 0.2) is 60.9 Å². The van der Waals surface area contributed by atoms with Crippen LogP contribution in [0.1, 0.15) is 57.1 Å². The van der Waals surface area contributed by atoms with Crippen LogP contribution in [0.2, 0.25) is 0 Å². The van der Waals surface area contributed by atoms with Gasteiger partial charge >= 0.3 is 0 Å². The van der Waals surface area contributed by atoms with Crippen molar-refractivity contribution in [3.8, 4) is 28.0 Å². The Labute approximate surface area is 203 Å². The number of nitrogens with zero attached hydrogens (tertiary/aromatic N) is 1. The summed E-state index contributed by atoms with van der Waals surface area (Å²) in [5.74, 6) is 0.565. The molecule has 0 fully saturated rings. The van der Waals surface area contributed by atoms with Crippen LogP contribution < -0.4 is 9.30 Å². The minimum Gasteiger partial charge on any atom is -0.748 e. The Bertz CT molecular complexity index is 1260. The van der Waals surface area contributed by atoms with Crippen molar-refractivity contribution in [3.63, 3.8) is 0 Å². The van der Waals surface area contributed by atoms with Crippen LogP contribution in [0.25, 0.3) is 22.3 Å². The van der Waals surface area contributed by atoms with Crippen LogP contribution in [0.3, 0.4) is 0 Å². The van der Waals surface area contributed by atoms with Gasteiger partial charge < -0.3 is 9.29 Å². The number of aromatic nitrogens is 1. The van der Waals surface area contributed by atoms with Gasteiger partial charge in [-0.15, -0.1) is 0 Å². The van der Waals surface area contributed by atoms with Crippen molar-refractivity contribution in [2.75, 3.05) is 12.9 Å². The first kappa shape index (κ1) is 24.4. The highest BCUT2D eigenvalue weighted by atomic mass is 32.2. The highest BCUT2D eigenvalue weighted by Gasteiger charge is 2.42. The lowest BCUT2D eigenvalue weighted by Gasteiger charge is -2.32. The predicted octanol–water partition coefficient (Wildman–Crippen LogP) is 5.45. The molecule has 4 rings (SSSR count). The molecule has 2 aromatic carbocycles. The molecule has 0 amide bonds. The molecule has 0 atom stereocenters. The van der Waals surface area contributed by atoms with E-state index < -0.39 is 10.1 Å². The van der Waals surface area contributed by atoms with Gasteiger partial charge in [0.25, 0.3) is 0 Å². The zero-order valence-corrected chi connectivity index (χ0v) is 21.0. The summed E-state index contributed by atoms with van der Waals surface area (Å²) in [4.78, 5) is 0. The number of fused-ring (bicyclic) bond motifs is 3. The predicted molar refractivity (Wildman–Crippen MR) is 134 cm³/mol. The maximum atomic E-state index is 10.8. The number of benzene rings is 2. The zero-order valence-electron chi connectivity index (χ0n) is 20.2. The maximum Gasteiger partial charge on any atom is 0.169 e. The first-order valence-corrected chi connectivity index (χ1v) is 13.7. The van der Waals surface area contributed by atoms with Crippen molar-refractivity contribution >= 4 is 10.1 Å². The van der Waals surface area contributed by atoms with Crippen molar-refractivity contribution in [1.29, 1.82) is 0 Å². The smallest absolute Gasteiger partial charge is 0.169 e. The summed E-state index contributed by atoms with van der Waals surface area (Å²) in [7, 11) is -2.44.